The van der Waals surface area contributed by atoms with Crippen LogP contribution >= 0.6 is 0 Å². The molecular weight excluding hydrogens is 241 g/mol. The van der Waals surface area contributed by atoms with E-state index in [4.69, 9.17) is 5.26 Å². The first-order valence-corrected chi connectivity index (χ1v) is 6.89. The molecule has 3 nitrogen and oxygen atoms in total. The number of rotatable bonds is 1. The lowest BCUT2D eigenvalue weighted by Crippen LogP contribution is -2.55. The smallest absolute Gasteiger partial charge is 0.147 e. The number of hydrogen-bond acceptors (Lipinski definition) is 3. The van der Waals surface area contributed by atoms with Gasteiger partial charge in [0.2, 0.25) is 0 Å². The summed E-state index contributed by atoms with van der Waals surface area (Å²) in [6, 6.07) is 7.64. The van der Waals surface area contributed by atoms with Gasteiger partial charge in [0, 0.05) is 25.2 Å². The fraction of sp³-hybridized carbons (Fsp3) is 0.533. The molecule has 2 saturated heterocycles. The Kier molecular flexibility index (Phi) is 3.16. The molecule has 0 amide bonds. The molecule has 1 aromatic carbocycles. The summed E-state index contributed by atoms with van der Waals surface area (Å²) >= 11 is 0. The number of fused-ring (bicyclic) bond motifs is 1. The number of halogens is 1. The van der Waals surface area contributed by atoms with Crippen LogP contribution in [0.3, 0.4) is 0 Å². The number of nitriles is 1. The van der Waals surface area contributed by atoms with Crippen molar-refractivity contribution < 1.29 is 4.39 Å². The number of anilines is 1. The third kappa shape index (κ3) is 2.19. The van der Waals surface area contributed by atoms with E-state index in [0.29, 0.717) is 23.3 Å². The summed E-state index contributed by atoms with van der Waals surface area (Å²) in [7, 11) is 0. The maximum absolute atomic E-state index is 14.1. The molecule has 0 spiro atoms. The van der Waals surface area contributed by atoms with Gasteiger partial charge in [-0.15, -0.1) is 0 Å². The zero-order valence-corrected chi connectivity index (χ0v) is 11.1. The lowest BCUT2D eigenvalue weighted by atomic mass is 10.1. The number of benzene rings is 1. The standard InChI is InChI=1S/C15H18FN3/c1-11-9-18-6-2-3-13(18)10-19(11)15-5-4-12(8-17)7-14(15)16/h4-5,7,11,13H,2-3,6,9-10H2,1H3. The van der Waals surface area contributed by atoms with Crippen LogP contribution in [0.5, 0.6) is 0 Å². The Morgan fingerprint density at radius 3 is 2.95 bits per heavy atom. The van der Waals surface area contributed by atoms with Crippen molar-refractivity contribution in [3.8, 4) is 6.07 Å². The van der Waals surface area contributed by atoms with Crippen molar-refractivity contribution in [1.29, 1.82) is 5.26 Å². The maximum atomic E-state index is 14.1. The molecule has 1 aromatic rings. The third-order valence-corrected chi connectivity index (χ3v) is 4.32. The molecule has 0 N–H and O–H groups in total. The average Bonchev–Trinajstić information content (AvgIpc) is 2.85. The summed E-state index contributed by atoms with van der Waals surface area (Å²) in [5.41, 5.74) is 1.02. The largest absolute Gasteiger partial charge is 0.364 e. The van der Waals surface area contributed by atoms with Gasteiger partial charge in [-0.2, -0.15) is 5.26 Å². The van der Waals surface area contributed by atoms with Gasteiger partial charge in [-0.3, -0.25) is 4.90 Å². The van der Waals surface area contributed by atoms with Gasteiger partial charge in [-0.25, -0.2) is 4.39 Å². The van der Waals surface area contributed by atoms with Crippen LogP contribution in [0.1, 0.15) is 25.3 Å². The number of nitrogens with zero attached hydrogens (tertiary/aromatic N) is 3. The molecule has 2 fully saturated rings. The van der Waals surface area contributed by atoms with Crippen molar-refractivity contribution in [2.45, 2.75) is 31.8 Å². The minimum atomic E-state index is -0.280. The quantitative estimate of drug-likeness (QED) is 0.775. The molecule has 100 valence electrons. The zero-order chi connectivity index (χ0) is 13.4. The van der Waals surface area contributed by atoms with E-state index < -0.39 is 0 Å². The van der Waals surface area contributed by atoms with Crippen molar-refractivity contribution in [3.05, 3.63) is 29.6 Å². The lowest BCUT2D eigenvalue weighted by molar-refractivity contribution is 0.202. The van der Waals surface area contributed by atoms with Crippen molar-refractivity contribution >= 4 is 5.69 Å². The predicted octanol–water partition coefficient (Wildman–Crippen LogP) is 2.37. The van der Waals surface area contributed by atoms with E-state index in [2.05, 4.69) is 16.7 Å². The summed E-state index contributed by atoms with van der Waals surface area (Å²) in [6.45, 7) is 5.22. The normalized spacial score (nSPS) is 27.1. The van der Waals surface area contributed by atoms with Crippen LogP contribution in [0.2, 0.25) is 0 Å². The van der Waals surface area contributed by atoms with Gasteiger partial charge in [0.1, 0.15) is 5.82 Å². The molecule has 2 aliphatic rings. The fourth-order valence-corrected chi connectivity index (χ4v) is 3.33. The molecule has 0 radical (unpaired) electrons. The number of piperazine rings is 1. The Morgan fingerprint density at radius 1 is 1.37 bits per heavy atom. The van der Waals surface area contributed by atoms with Crippen LogP contribution in [0.25, 0.3) is 0 Å². The first-order valence-electron chi connectivity index (χ1n) is 6.89. The molecule has 4 heteroatoms. The molecule has 0 bridgehead atoms. The van der Waals surface area contributed by atoms with Gasteiger partial charge >= 0.3 is 0 Å². The molecule has 0 aromatic heterocycles. The second-order valence-corrected chi connectivity index (χ2v) is 5.57. The highest BCUT2D eigenvalue weighted by atomic mass is 19.1. The van der Waals surface area contributed by atoms with Crippen molar-refractivity contribution in [2.75, 3.05) is 24.5 Å². The molecule has 19 heavy (non-hydrogen) atoms. The van der Waals surface area contributed by atoms with Gasteiger partial charge in [0.15, 0.2) is 0 Å². The van der Waals surface area contributed by atoms with Crippen LogP contribution in [-0.4, -0.2) is 36.6 Å². The fourth-order valence-electron chi connectivity index (χ4n) is 3.33. The Hall–Kier alpha value is -1.60. The Bertz CT molecular complexity index is 523. The Morgan fingerprint density at radius 2 is 2.21 bits per heavy atom. The zero-order valence-electron chi connectivity index (χ0n) is 11.1. The van der Waals surface area contributed by atoms with Gasteiger partial charge in [-0.05, 0) is 44.5 Å². The van der Waals surface area contributed by atoms with Gasteiger partial charge < -0.3 is 4.90 Å². The molecule has 0 aliphatic carbocycles. The summed E-state index contributed by atoms with van der Waals surface area (Å²) < 4.78 is 14.1. The van der Waals surface area contributed by atoms with Crippen LogP contribution in [0.4, 0.5) is 10.1 Å². The Labute approximate surface area is 113 Å². The van der Waals surface area contributed by atoms with E-state index in [-0.39, 0.29) is 5.82 Å². The van der Waals surface area contributed by atoms with Crippen molar-refractivity contribution in [1.82, 2.24) is 4.90 Å². The molecule has 2 heterocycles. The van der Waals surface area contributed by atoms with E-state index >= 15 is 0 Å². The Balaban J connectivity index is 1.87. The average molecular weight is 259 g/mol. The molecule has 2 unspecified atom stereocenters. The molecule has 2 aliphatic heterocycles. The highest BCUT2D eigenvalue weighted by molar-refractivity contribution is 5.52. The van der Waals surface area contributed by atoms with E-state index in [0.717, 1.165) is 13.1 Å². The first-order chi connectivity index (χ1) is 9.19. The van der Waals surface area contributed by atoms with Crippen LogP contribution in [-0.2, 0) is 0 Å². The van der Waals surface area contributed by atoms with Crippen molar-refractivity contribution in [3.63, 3.8) is 0 Å². The van der Waals surface area contributed by atoms with Gasteiger partial charge in [-0.1, -0.05) is 0 Å². The van der Waals surface area contributed by atoms with E-state index in [1.807, 2.05) is 6.07 Å². The minimum absolute atomic E-state index is 0.280. The summed E-state index contributed by atoms with van der Waals surface area (Å²) in [5, 5.41) is 8.80. The van der Waals surface area contributed by atoms with Crippen LogP contribution < -0.4 is 4.90 Å². The molecule has 0 saturated carbocycles. The second kappa shape index (κ2) is 4.82. The monoisotopic (exact) mass is 259 g/mol. The summed E-state index contributed by atoms with van der Waals surface area (Å²) in [6.07, 6.45) is 2.46. The number of hydrogen-bond donors (Lipinski definition) is 0. The SMILES string of the molecule is CC1CN2CCCC2CN1c1ccc(C#N)cc1F. The van der Waals surface area contributed by atoms with Gasteiger partial charge in [0.05, 0.1) is 17.3 Å². The highest BCUT2D eigenvalue weighted by Gasteiger charge is 2.35. The third-order valence-electron chi connectivity index (χ3n) is 4.32. The van der Waals surface area contributed by atoms with Crippen LogP contribution in [0.15, 0.2) is 18.2 Å². The van der Waals surface area contributed by atoms with E-state index in [9.17, 15) is 4.39 Å². The molecule has 2 atom stereocenters. The highest BCUT2D eigenvalue weighted by Crippen LogP contribution is 2.30. The van der Waals surface area contributed by atoms with E-state index in [1.165, 1.54) is 25.5 Å². The lowest BCUT2D eigenvalue weighted by Gasteiger charge is -2.43. The summed E-state index contributed by atoms with van der Waals surface area (Å²) in [4.78, 5) is 4.67. The van der Waals surface area contributed by atoms with E-state index in [1.54, 1.807) is 12.1 Å². The van der Waals surface area contributed by atoms with Crippen molar-refractivity contribution in [2.24, 2.45) is 0 Å². The minimum Gasteiger partial charge on any atom is -0.364 e. The van der Waals surface area contributed by atoms with Gasteiger partial charge in [0.25, 0.3) is 0 Å². The topological polar surface area (TPSA) is 30.3 Å². The van der Waals surface area contributed by atoms with Crippen LogP contribution in [0, 0.1) is 17.1 Å². The second-order valence-electron chi connectivity index (χ2n) is 5.57. The maximum Gasteiger partial charge on any atom is 0.147 e. The summed E-state index contributed by atoms with van der Waals surface area (Å²) in [5.74, 6) is -0.280. The first kappa shape index (κ1) is 12.4. The molecule has 3 rings (SSSR count). The predicted molar refractivity (Wildman–Crippen MR) is 72.5 cm³/mol. The molecular formula is C15H18FN3.